The molecule has 0 amide bonds. The number of ketones is 1. The second-order valence-corrected chi connectivity index (χ2v) is 7.81. The third kappa shape index (κ3) is 5.08. The van der Waals surface area contributed by atoms with Gasteiger partial charge in [-0.2, -0.15) is 0 Å². The SMILES string of the molecule is COc1cccc(C(=O)/C=C/c2ccc(COc3c(Cl)c(Cl)c(Cl)c(Cl)c3Cl)o2)c1. The van der Waals surface area contributed by atoms with E-state index in [2.05, 4.69) is 0 Å². The van der Waals surface area contributed by atoms with Crippen LogP contribution in [0.3, 0.4) is 0 Å². The number of benzene rings is 2. The number of furan rings is 1. The number of carbonyl (C=O) groups is 1. The molecule has 0 fully saturated rings. The van der Waals surface area contributed by atoms with E-state index < -0.39 is 0 Å². The van der Waals surface area contributed by atoms with Crippen LogP contribution in [0.5, 0.6) is 11.5 Å². The van der Waals surface area contributed by atoms with Gasteiger partial charge in [-0.25, -0.2) is 0 Å². The van der Waals surface area contributed by atoms with Crippen LogP contribution in [0.4, 0.5) is 0 Å². The Kier molecular flexibility index (Phi) is 7.61. The smallest absolute Gasteiger partial charge is 0.186 e. The predicted molar refractivity (Wildman–Crippen MR) is 121 cm³/mol. The summed E-state index contributed by atoms with van der Waals surface area (Å²) >= 11 is 30.3. The van der Waals surface area contributed by atoms with Crippen molar-refractivity contribution in [2.24, 2.45) is 0 Å². The fourth-order valence-corrected chi connectivity index (χ4v) is 3.68. The fourth-order valence-electron chi connectivity index (χ4n) is 2.45. The minimum absolute atomic E-state index is 0.00536. The zero-order chi connectivity index (χ0) is 21.8. The highest BCUT2D eigenvalue weighted by atomic mass is 35.5. The Bertz CT molecular complexity index is 1090. The second kappa shape index (κ2) is 9.99. The van der Waals surface area contributed by atoms with Crippen LogP contribution < -0.4 is 9.47 Å². The zero-order valence-corrected chi connectivity index (χ0v) is 19.1. The van der Waals surface area contributed by atoms with E-state index in [1.807, 2.05) is 0 Å². The Balaban J connectivity index is 1.69. The Hall–Kier alpha value is -1.82. The summed E-state index contributed by atoms with van der Waals surface area (Å²) in [6, 6.07) is 10.2. The van der Waals surface area contributed by atoms with Crippen LogP contribution in [0, 0.1) is 0 Å². The maximum atomic E-state index is 12.3. The average Bonchev–Trinajstić information content (AvgIpc) is 3.22. The van der Waals surface area contributed by atoms with Gasteiger partial charge in [0.05, 0.1) is 22.2 Å². The molecule has 1 aromatic heterocycles. The van der Waals surface area contributed by atoms with E-state index in [9.17, 15) is 4.79 Å². The van der Waals surface area contributed by atoms with Gasteiger partial charge in [0.15, 0.2) is 11.5 Å². The van der Waals surface area contributed by atoms with E-state index in [0.29, 0.717) is 22.8 Å². The van der Waals surface area contributed by atoms with Gasteiger partial charge in [0.1, 0.15) is 33.9 Å². The van der Waals surface area contributed by atoms with Crippen molar-refractivity contribution in [2.75, 3.05) is 7.11 Å². The van der Waals surface area contributed by atoms with Crippen molar-refractivity contribution >= 4 is 69.9 Å². The van der Waals surface area contributed by atoms with Crippen molar-refractivity contribution in [3.8, 4) is 11.5 Å². The van der Waals surface area contributed by atoms with Crippen LogP contribution in [0.25, 0.3) is 6.08 Å². The molecule has 156 valence electrons. The van der Waals surface area contributed by atoms with Gasteiger partial charge in [-0.05, 0) is 36.4 Å². The molecule has 1 heterocycles. The molecule has 9 heteroatoms. The number of hydrogen-bond donors (Lipinski definition) is 0. The minimum Gasteiger partial charge on any atom is -0.497 e. The summed E-state index contributed by atoms with van der Waals surface area (Å²) in [4.78, 5) is 12.3. The van der Waals surface area contributed by atoms with E-state index in [-0.39, 0.29) is 43.3 Å². The number of allylic oxidation sites excluding steroid dienone is 1. The highest BCUT2D eigenvalue weighted by Gasteiger charge is 2.21. The normalized spacial score (nSPS) is 11.1. The molecule has 0 aliphatic rings. The summed E-state index contributed by atoms with van der Waals surface area (Å²) in [5, 5.41) is 0.230. The topological polar surface area (TPSA) is 48.7 Å². The summed E-state index contributed by atoms with van der Waals surface area (Å²) in [6.07, 6.45) is 2.96. The van der Waals surface area contributed by atoms with Crippen molar-refractivity contribution in [1.82, 2.24) is 0 Å². The van der Waals surface area contributed by atoms with Gasteiger partial charge in [0.2, 0.25) is 0 Å². The van der Waals surface area contributed by atoms with Crippen LogP contribution >= 0.6 is 58.0 Å². The van der Waals surface area contributed by atoms with Crippen molar-refractivity contribution in [2.45, 2.75) is 6.61 Å². The summed E-state index contributed by atoms with van der Waals surface area (Å²) < 4.78 is 16.4. The number of methoxy groups -OCH3 is 1. The Morgan fingerprint density at radius 1 is 0.967 bits per heavy atom. The number of halogens is 5. The molecule has 3 rings (SSSR count). The van der Waals surface area contributed by atoms with Crippen LogP contribution in [0.2, 0.25) is 25.1 Å². The third-order valence-corrected chi connectivity index (χ3v) is 6.21. The number of ether oxygens (including phenoxy) is 2. The summed E-state index contributed by atoms with van der Waals surface area (Å²) in [5.41, 5.74) is 0.501. The van der Waals surface area contributed by atoms with E-state index in [1.165, 1.54) is 13.2 Å². The molecule has 0 saturated carbocycles. The highest BCUT2D eigenvalue weighted by molar-refractivity contribution is 6.55. The van der Waals surface area contributed by atoms with Gasteiger partial charge in [0.25, 0.3) is 0 Å². The molecule has 0 atom stereocenters. The standard InChI is InChI=1S/C21H13Cl5O4/c1-28-13-4-2-3-11(9-13)15(27)8-7-12-5-6-14(30-12)10-29-21-19(25)17(23)16(22)18(24)20(21)26/h2-9H,10H2,1H3/b8-7+. The summed E-state index contributed by atoms with van der Waals surface area (Å²) in [7, 11) is 1.54. The van der Waals surface area contributed by atoms with Crippen LogP contribution in [0.1, 0.15) is 21.9 Å². The van der Waals surface area contributed by atoms with Gasteiger partial charge < -0.3 is 13.9 Å². The van der Waals surface area contributed by atoms with Crippen molar-refractivity contribution in [1.29, 1.82) is 0 Å². The Morgan fingerprint density at radius 3 is 2.30 bits per heavy atom. The van der Waals surface area contributed by atoms with Crippen LogP contribution in [-0.2, 0) is 6.61 Å². The minimum atomic E-state index is -0.188. The molecule has 0 spiro atoms. The second-order valence-electron chi connectivity index (χ2n) is 5.92. The maximum absolute atomic E-state index is 12.3. The first-order valence-corrected chi connectivity index (χ1v) is 10.3. The van der Waals surface area contributed by atoms with E-state index >= 15 is 0 Å². The maximum Gasteiger partial charge on any atom is 0.186 e. The van der Waals surface area contributed by atoms with Gasteiger partial charge in [-0.15, -0.1) is 0 Å². The molecular formula is C21H13Cl5O4. The van der Waals surface area contributed by atoms with E-state index in [1.54, 1.807) is 42.5 Å². The molecule has 4 nitrogen and oxygen atoms in total. The van der Waals surface area contributed by atoms with Gasteiger partial charge in [-0.3, -0.25) is 4.79 Å². The quantitative estimate of drug-likeness (QED) is 0.141. The molecule has 0 N–H and O–H groups in total. The monoisotopic (exact) mass is 504 g/mol. The van der Waals surface area contributed by atoms with Gasteiger partial charge in [0, 0.05) is 5.56 Å². The molecule has 0 aliphatic heterocycles. The lowest BCUT2D eigenvalue weighted by Gasteiger charge is -2.12. The molecular weight excluding hydrogens is 493 g/mol. The largest absolute Gasteiger partial charge is 0.497 e. The first-order chi connectivity index (χ1) is 14.3. The van der Waals surface area contributed by atoms with Crippen molar-refractivity contribution in [3.05, 3.63) is 84.7 Å². The highest BCUT2D eigenvalue weighted by Crippen LogP contribution is 2.48. The Morgan fingerprint density at radius 2 is 1.63 bits per heavy atom. The average molecular weight is 507 g/mol. The van der Waals surface area contributed by atoms with Gasteiger partial charge in [-0.1, -0.05) is 70.1 Å². The van der Waals surface area contributed by atoms with Crippen molar-refractivity contribution in [3.63, 3.8) is 0 Å². The van der Waals surface area contributed by atoms with Gasteiger partial charge >= 0.3 is 0 Å². The number of hydrogen-bond acceptors (Lipinski definition) is 4. The first kappa shape index (κ1) is 22.9. The third-order valence-electron chi connectivity index (χ3n) is 3.96. The molecule has 3 aromatic rings. The first-order valence-electron chi connectivity index (χ1n) is 8.41. The molecule has 0 bridgehead atoms. The van der Waals surface area contributed by atoms with Crippen LogP contribution in [0.15, 0.2) is 46.9 Å². The fraction of sp³-hybridized carbons (Fsp3) is 0.0952. The molecule has 2 aromatic carbocycles. The lowest BCUT2D eigenvalue weighted by Crippen LogP contribution is -1.96. The number of carbonyl (C=O) groups excluding carboxylic acids is 1. The lowest BCUT2D eigenvalue weighted by atomic mass is 10.1. The predicted octanol–water partition coefficient (Wildman–Crippen LogP) is 8.03. The van der Waals surface area contributed by atoms with Crippen molar-refractivity contribution < 1.29 is 18.7 Å². The molecule has 0 unspecified atom stereocenters. The van der Waals surface area contributed by atoms with E-state index in [0.717, 1.165) is 0 Å². The van der Waals surface area contributed by atoms with Crippen LogP contribution in [-0.4, -0.2) is 12.9 Å². The summed E-state index contributed by atoms with van der Waals surface area (Å²) in [6.45, 7) is 0.00536. The molecule has 0 saturated heterocycles. The lowest BCUT2D eigenvalue weighted by molar-refractivity contribution is 0.104. The summed E-state index contributed by atoms with van der Waals surface area (Å²) in [5.74, 6) is 1.45. The molecule has 0 radical (unpaired) electrons. The van der Waals surface area contributed by atoms with E-state index in [4.69, 9.17) is 71.9 Å². The molecule has 30 heavy (non-hydrogen) atoms. The number of rotatable bonds is 7. The zero-order valence-electron chi connectivity index (χ0n) is 15.3. The Labute approximate surface area is 197 Å². The molecule has 0 aliphatic carbocycles.